The van der Waals surface area contributed by atoms with Gasteiger partial charge in [-0.15, -0.1) is 0 Å². The zero-order valence-corrected chi connectivity index (χ0v) is 16.1. The SMILES string of the molecule is CCC1CCC2C(CCC3(C)C(C(C)C)CCC23)C1(C)CC. The van der Waals surface area contributed by atoms with E-state index in [4.69, 9.17) is 0 Å². The molecule has 0 radical (unpaired) electrons. The molecule has 0 bridgehead atoms. The molecule has 22 heavy (non-hydrogen) atoms. The first-order valence-corrected chi connectivity index (χ1v) is 10.4. The van der Waals surface area contributed by atoms with E-state index in [9.17, 15) is 0 Å². The van der Waals surface area contributed by atoms with Gasteiger partial charge in [0.15, 0.2) is 0 Å². The highest BCUT2D eigenvalue weighted by Gasteiger charge is 2.58. The highest BCUT2D eigenvalue weighted by atomic mass is 14.6. The minimum atomic E-state index is 0.634. The molecule has 0 aromatic heterocycles. The van der Waals surface area contributed by atoms with E-state index in [1.54, 1.807) is 6.42 Å². The molecule has 0 aromatic carbocycles. The molecule has 0 spiro atoms. The van der Waals surface area contributed by atoms with Gasteiger partial charge in [-0.3, -0.25) is 0 Å². The van der Waals surface area contributed by atoms with Crippen LogP contribution in [0.25, 0.3) is 0 Å². The largest absolute Gasteiger partial charge is 0.0651 e. The second kappa shape index (κ2) is 5.82. The van der Waals surface area contributed by atoms with Gasteiger partial charge in [0.2, 0.25) is 0 Å². The fourth-order valence-corrected chi connectivity index (χ4v) is 7.89. The van der Waals surface area contributed by atoms with Crippen molar-refractivity contribution in [2.45, 2.75) is 92.9 Å². The molecule has 7 unspecified atom stereocenters. The van der Waals surface area contributed by atoms with Gasteiger partial charge in [0.1, 0.15) is 0 Å². The van der Waals surface area contributed by atoms with Crippen LogP contribution in [0.3, 0.4) is 0 Å². The van der Waals surface area contributed by atoms with E-state index in [0.29, 0.717) is 10.8 Å². The third-order valence-electron chi connectivity index (χ3n) is 9.20. The topological polar surface area (TPSA) is 0 Å². The zero-order valence-electron chi connectivity index (χ0n) is 16.1. The predicted octanol–water partition coefficient (Wildman–Crippen LogP) is 6.94. The maximum atomic E-state index is 2.68. The number of hydrogen-bond donors (Lipinski definition) is 0. The number of rotatable bonds is 3. The van der Waals surface area contributed by atoms with E-state index in [-0.39, 0.29) is 0 Å². The van der Waals surface area contributed by atoms with Crippen molar-refractivity contribution < 1.29 is 0 Å². The van der Waals surface area contributed by atoms with Crippen LogP contribution in [-0.2, 0) is 0 Å². The van der Waals surface area contributed by atoms with Crippen LogP contribution in [-0.4, -0.2) is 0 Å². The Kier molecular flexibility index (Phi) is 4.45. The molecule has 7 atom stereocenters. The second-order valence-electron chi connectivity index (χ2n) is 9.89. The third-order valence-corrected chi connectivity index (χ3v) is 9.20. The first-order valence-electron chi connectivity index (χ1n) is 10.4. The van der Waals surface area contributed by atoms with Gasteiger partial charge in [-0.05, 0) is 84.9 Å². The van der Waals surface area contributed by atoms with Gasteiger partial charge in [-0.25, -0.2) is 0 Å². The molecule has 0 nitrogen and oxygen atoms in total. The average Bonchev–Trinajstić information content (AvgIpc) is 2.85. The Morgan fingerprint density at radius 1 is 0.909 bits per heavy atom. The molecule has 3 aliphatic rings. The van der Waals surface area contributed by atoms with Crippen molar-refractivity contribution in [1.82, 2.24) is 0 Å². The van der Waals surface area contributed by atoms with Gasteiger partial charge in [-0.1, -0.05) is 54.4 Å². The first kappa shape index (κ1) is 16.8. The van der Waals surface area contributed by atoms with Crippen LogP contribution in [0.2, 0.25) is 0 Å². The Hall–Kier alpha value is 0. The van der Waals surface area contributed by atoms with Gasteiger partial charge >= 0.3 is 0 Å². The van der Waals surface area contributed by atoms with Crippen molar-refractivity contribution >= 4 is 0 Å². The highest BCUT2D eigenvalue weighted by molar-refractivity contribution is 5.08. The van der Waals surface area contributed by atoms with Crippen LogP contribution < -0.4 is 0 Å². The Labute approximate surface area is 139 Å². The molecule has 0 heterocycles. The summed E-state index contributed by atoms with van der Waals surface area (Å²) in [4.78, 5) is 0. The van der Waals surface area contributed by atoms with Gasteiger partial charge in [0.05, 0.1) is 0 Å². The molecule has 128 valence electrons. The molecule has 0 aliphatic heterocycles. The summed E-state index contributed by atoms with van der Waals surface area (Å²) in [6.45, 7) is 15.2. The van der Waals surface area contributed by atoms with Crippen molar-refractivity contribution in [3.8, 4) is 0 Å². The standard InChI is InChI=1S/C22H40/c1-7-16-9-10-17-19-12-11-18(15(3)4)22(19,6)14-13-20(17)21(16,5)8-2/h15-20H,7-14H2,1-6H3. The molecule has 3 fully saturated rings. The van der Waals surface area contributed by atoms with Crippen LogP contribution in [0.15, 0.2) is 0 Å². The fraction of sp³-hybridized carbons (Fsp3) is 1.00. The molecule has 0 amide bonds. The predicted molar refractivity (Wildman–Crippen MR) is 96.8 cm³/mol. The molecule has 3 aliphatic carbocycles. The van der Waals surface area contributed by atoms with Gasteiger partial charge < -0.3 is 0 Å². The molecule has 0 N–H and O–H groups in total. The average molecular weight is 305 g/mol. The van der Waals surface area contributed by atoms with Crippen molar-refractivity contribution in [2.24, 2.45) is 46.3 Å². The molecule has 3 saturated carbocycles. The Bertz CT molecular complexity index is 397. The molecule has 0 heteroatoms. The van der Waals surface area contributed by atoms with Crippen LogP contribution >= 0.6 is 0 Å². The third kappa shape index (κ3) is 2.22. The number of hydrogen-bond acceptors (Lipinski definition) is 0. The summed E-state index contributed by atoms with van der Waals surface area (Å²) in [7, 11) is 0. The van der Waals surface area contributed by atoms with Crippen LogP contribution in [0.5, 0.6) is 0 Å². The summed E-state index contributed by atoms with van der Waals surface area (Å²) >= 11 is 0. The van der Waals surface area contributed by atoms with Gasteiger partial charge in [0, 0.05) is 0 Å². The van der Waals surface area contributed by atoms with Crippen LogP contribution in [0.4, 0.5) is 0 Å². The van der Waals surface area contributed by atoms with E-state index in [1.807, 2.05) is 0 Å². The monoisotopic (exact) mass is 304 g/mol. The summed E-state index contributed by atoms with van der Waals surface area (Å²) in [5.41, 5.74) is 1.30. The maximum Gasteiger partial charge on any atom is -0.0264 e. The van der Waals surface area contributed by atoms with E-state index in [1.165, 1.54) is 44.9 Å². The summed E-state index contributed by atoms with van der Waals surface area (Å²) in [6, 6.07) is 0. The van der Waals surface area contributed by atoms with Crippen molar-refractivity contribution in [2.75, 3.05) is 0 Å². The Balaban J connectivity index is 1.88. The van der Waals surface area contributed by atoms with E-state index < -0.39 is 0 Å². The lowest BCUT2D eigenvalue weighted by Crippen LogP contribution is -2.51. The summed E-state index contributed by atoms with van der Waals surface area (Å²) in [6.07, 6.45) is 12.0. The first-order chi connectivity index (χ1) is 10.4. The normalized spacial score (nSPS) is 51.7. The van der Waals surface area contributed by atoms with Gasteiger partial charge in [0.25, 0.3) is 0 Å². The molecular weight excluding hydrogens is 264 g/mol. The van der Waals surface area contributed by atoms with E-state index in [2.05, 4.69) is 41.5 Å². The van der Waals surface area contributed by atoms with Crippen molar-refractivity contribution in [1.29, 1.82) is 0 Å². The van der Waals surface area contributed by atoms with E-state index in [0.717, 1.165) is 35.5 Å². The van der Waals surface area contributed by atoms with E-state index >= 15 is 0 Å². The van der Waals surface area contributed by atoms with Crippen molar-refractivity contribution in [3.63, 3.8) is 0 Å². The summed E-state index contributed by atoms with van der Waals surface area (Å²) in [5.74, 6) is 5.99. The zero-order chi connectivity index (χ0) is 16.1. The minimum absolute atomic E-state index is 0.634. The summed E-state index contributed by atoms with van der Waals surface area (Å²) in [5, 5.41) is 0. The lowest BCUT2D eigenvalue weighted by Gasteiger charge is -2.59. The lowest BCUT2D eigenvalue weighted by molar-refractivity contribution is -0.102. The minimum Gasteiger partial charge on any atom is -0.0651 e. The molecule has 0 aromatic rings. The van der Waals surface area contributed by atoms with Crippen molar-refractivity contribution in [3.05, 3.63) is 0 Å². The van der Waals surface area contributed by atoms with Gasteiger partial charge in [-0.2, -0.15) is 0 Å². The maximum absolute atomic E-state index is 2.68. The molecule has 0 saturated heterocycles. The second-order valence-corrected chi connectivity index (χ2v) is 9.89. The molecule has 3 rings (SSSR count). The van der Waals surface area contributed by atoms with Crippen LogP contribution in [0, 0.1) is 46.3 Å². The lowest BCUT2D eigenvalue weighted by atomic mass is 9.46. The molecular formula is C22H40. The Morgan fingerprint density at radius 2 is 1.64 bits per heavy atom. The Morgan fingerprint density at radius 3 is 2.23 bits per heavy atom. The smallest absolute Gasteiger partial charge is 0.0264 e. The quantitative estimate of drug-likeness (QED) is 0.530. The van der Waals surface area contributed by atoms with Crippen LogP contribution in [0.1, 0.15) is 92.9 Å². The number of fused-ring (bicyclic) bond motifs is 3. The fourth-order valence-electron chi connectivity index (χ4n) is 7.89. The summed E-state index contributed by atoms with van der Waals surface area (Å²) < 4.78 is 0. The highest BCUT2D eigenvalue weighted by Crippen LogP contribution is 2.67.